The summed E-state index contributed by atoms with van der Waals surface area (Å²) in [5.74, 6) is 0. The van der Waals surface area contributed by atoms with Gasteiger partial charge in [-0.3, -0.25) is 4.68 Å². The van der Waals surface area contributed by atoms with Crippen molar-refractivity contribution in [3.05, 3.63) is 51.4 Å². The van der Waals surface area contributed by atoms with E-state index < -0.39 is 0 Å². The van der Waals surface area contributed by atoms with Gasteiger partial charge in [-0.05, 0) is 53.3 Å². The second-order valence-electron chi connectivity index (χ2n) is 4.39. The van der Waals surface area contributed by atoms with E-state index in [0.29, 0.717) is 0 Å². The summed E-state index contributed by atoms with van der Waals surface area (Å²) in [7, 11) is 1.95. The van der Waals surface area contributed by atoms with Crippen LogP contribution in [0.2, 0.25) is 0 Å². The highest BCUT2D eigenvalue weighted by atomic mass is 127. The van der Waals surface area contributed by atoms with Crippen molar-refractivity contribution in [1.29, 1.82) is 0 Å². The Morgan fingerprint density at radius 3 is 2.56 bits per heavy atom. The summed E-state index contributed by atoms with van der Waals surface area (Å²) in [6.45, 7) is 3.19. The molecule has 0 amide bonds. The van der Waals surface area contributed by atoms with Crippen LogP contribution in [0.15, 0.2) is 36.7 Å². The molecule has 0 saturated heterocycles. The number of aromatic nitrogens is 2. The molecule has 0 saturated carbocycles. The first-order valence-corrected chi connectivity index (χ1v) is 7.26. The molecule has 4 heteroatoms. The summed E-state index contributed by atoms with van der Waals surface area (Å²) in [6, 6.07) is 8.89. The van der Waals surface area contributed by atoms with Gasteiger partial charge in [-0.1, -0.05) is 19.1 Å². The molecule has 0 bridgehead atoms. The van der Waals surface area contributed by atoms with E-state index >= 15 is 0 Å². The summed E-state index contributed by atoms with van der Waals surface area (Å²) in [5.41, 5.74) is 2.50. The minimum atomic E-state index is 0.232. The maximum absolute atomic E-state index is 4.26. The predicted octanol–water partition coefficient (Wildman–Crippen LogP) is 3.11. The minimum Gasteiger partial charge on any atom is -0.306 e. The van der Waals surface area contributed by atoms with Crippen LogP contribution in [-0.2, 0) is 7.05 Å². The molecule has 3 nitrogen and oxygen atoms in total. The summed E-state index contributed by atoms with van der Waals surface area (Å²) in [6.07, 6.45) is 5.14. The maximum atomic E-state index is 4.26. The Hall–Kier alpha value is -0.880. The van der Waals surface area contributed by atoms with E-state index in [4.69, 9.17) is 0 Å². The van der Waals surface area contributed by atoms with Crippen molar-refractivity contribution in [2.75, 3.05) is 6.54 Å². The van der Waals surface area contributed by atoms with E-state index in [1.165, 1.54) is 14.7 Å². The lowest BCUT2D eigenvalue weighted by Gasteiger charge is -2.17. The standard InChI is InChI=1S/C14H18IN3/c1-3-8-16-14(12-9-17-18(2)10-12)11-4-6-13(15)7-5-11/h4-7,9-10,14,16H,3,8H2,1-2H3. The molecular formula is C14H18IN3. The van der Waals surface area contributed by atoms with Crippen molar-refractivity contribution in [2.45, 2.75) is 19.4 Å². The number of nitrogens with one attached hydrogen (secondary N) is 1. The molecule has 1 aromatic heterocycles. The van der Waals surface area contributed by atoms with E-state index in [1.54, 1.807) is 0 Å². The third kappa shape index (κ3) is 3.32. The molecule has 1 heterocycles. The van der Waals surface area contributed by atoms with Crippen LogP contribution in [0, 0.1) is 3.57 Å². The largest absolute Gasteiger partial charge is 0.306 e. The fraction of sp³-hybridized carbons (Fsp3) is 0.357. The number of aryl methyl sites for hydroxylation is 1. The minimum absolute atomic E-state index is 0.232. The quantitative estimate of drug-likeness (QED) is 0.836. The number of rotatable bonds is 5. The van der Waals surface area contributed by atoms with Crippen molar-refractivity contribution >= 4 is 22.6 Å². The summed E-state index contributed by atoms with van der Waals surface area (Å²) >= 11 is 2.33. The molecule has 96 valence electrons. The van der Waals surface area contributed by atoms with Crippen molar-refractivity contribution in [3.8, 4) is 0 Å². The molecule has 2 rings (SSSR count). The number of hydrogen-bond donors (Lipinski definition) is 1. The van der Waals surface area contributed by atoms with Crippen molar-refractivity contribution in [3.63, 3.8) is 0 Å². The fourth-order valence-electron chi connectivity index (χ4n) is 1.96. The Bertz CT molecular complexity index is 490. The Kier molecular flexibility index (Phi) is 4.77. The molecule has 0 fully saturated rings. The van der Waals surface area contributed by atoms with Crippen LogP contribution in [0.3, 0.4) is 0 Å². The molecule has 0 radical (unpaired) electrons. The third-order valence-corrected chi connectivity index (χ3v) is 3.58. The second kappa shape index (κ2) is 6.33. The van der Waals surface area contributed by atoms with Gasteiger partial charge in [0.1, 0.15) is 0 Å². The van der Waals surface area contributed by atoms with Gasteiger partial charge in [0.2, 0.25) is 0 Å². The topological polar surface area (TPSA) is 29.9 Å². The second-order valence-corrected chi connectivity index (χ2v) is 5.63. The number of benzene rings is 1. The van der Waals surface area contributed by atoms with Crippen LogP contribution in [0.5, 0.6) is 0 Å². The van der Waals surface area contributed by atoms with E-state index in [-0.39, 0.29) is 6.04 Å². The van der Waals surface area contributed by atoms with Gasteiger partial charge in [0.15, 0.2) is 0 Å². The Morgan fingerprint density at radius 2 is 2.00 bits per heavy atom. The van der Waals surface area contributed by atoms with Gasteiger partial charge in [-0.25, -0.2) is 0 Å². The van der Waals surface area contributed by atoms with Gasteiger partial charge in [0, 0.05) is 22.4 Å². The van der Waals surface area contributed by atoms with Crippen LogP contribution in [0.4, 0.5) is 0 Å². The van der Waals surface area contributed by atoms with Crippen LogP contribution in [0.25, 0.3) is 0 Å². The van der Waals surface area contributed by atoms with Gasteiger partial charge in [-0.15, -0.1) is 0 Å². The van der Waals surface area contributed by atoms with Crippen molar-refractivity contribution < 1.29 is 0 Å². The summed E-state index contributed by atoms with van der Waals surface area (Å²) < 4.78 is 3.11. The van der Waals surface area contributed by atoms with Gasteiger partial charge in [-0.2, -0.15) is 5.10 Å². The smallest absolute Gasteiger partial charge is 0.0607 e. The van der Waals surface area contributed by atoms with Crippen LogP contribution in [-0.4, -0.2) is 16.3 Å². The Balaban J connectivity index is 2.27. The third-order valence-electron chi connectivity index (χ3n) is 2.86. The molecule has 1 unspecified atom stereocenters. The Labute approximate surface area is 122 Å². The average Bonchev–Trinajstić information content (AvgIpc) is 2.78. The molecule has 1 aromatic carbocycles. The Morgan fingerprint density at radius 1 is 1.28 bits per heavy atom. The van der Waals surface area contributed by atoms with E-state index in [9.17, 15) is 0 Å². The first-order valence-electron chi connectivity index (χ1n) is 6.18. The average molecular weight is 355 g/mol. The molecule has 18 heavy (non-hydrogen) atoms. The van der Waals surface area contributed by atoms with E-state index in [1.807, 2.05) is 17.9 Å². The molecule has 1 N–H and O–H groups in total. The molecule has 1 atom stereocenters. The van der Waals surface area contributed by atoms with Crippen LogP contribution in [0.1, 0.15) is 30.5 Å². The van der Waals surface area contributed by atoms with Crippen molar-refractivity contribution in [1.82, 2.24) is 15.1 Å². The highest BCUT2D eigenvalue weighted by Gasteiger charge is 2.14. The summed E-state index contributed by atoms with van der Waals surface area (Å²) in [5, 5.41) is 7.84. The highest BCUT2D eigenvalue weighted by molar-refractivity contribution is 14.1. The molecule has 0 spiro atoms. The van der Waals surface area contributed by atoms with E-state index in [2.05, 4.69) is 70.4 Å². The summed E-state index contributed by atoms with van der Waals surface area (Å²) in [4.78, 5) is 0. The number of nitrogens with zero attached hydrogens (tertiary/aromatic N) is 2. The van der Waals surface area contributed by atoms with Gasteiger partial charge >= 0.3 is 0 Å². The van der Waals surface area contributed by atoms with E-state index in [0.717, 1.165) is 13.0 Å². The lowest BCUT2D eigenvalue weighted by Crippen LogP contribution is -2.22. The van der Waals surface area contributed by atoms with Gasteiger partial charge in [0.05, 0.1) is 12.2 Å². The van der Waals surface area contributed by atoms with Crippen LogP contribution >= 0.6 is 22.6 Å². The van der Waals surface area contributed by atoms with Gasteiger partial charge < -0.3 is 5.32 Å². The molecule has 2 aromatic rings. The monoisotopic (exact) mass is 355 g/mol. The highest BCUT2D eigenvalue weighted by Crippen LogP contribution is 2.22. The predicted molar refractivity (Wildman–Crippen MR) is 82.5 cm³/mol. The number of hydrogen-bond acceptors (Lipinski definition) is 2. The normalized spacial score (nSPS) is 12.6. The molecule has 0 aliphatic rings. The van der Waals surface area contributed by atoms with Crippen molar-refractivity contribution in [2.24, 2.45) is 7.05 Å². The zero-order chi connectivity index (χ0) is 13.0. The zero-order valence-corrected chi connectivity index (χ0v) is 12.9. The molecule has 0 aliphatic heterocycles. The molecule has 0 aliphatic carbocycles. The first-order chi connectivity index (χ1) is 8.70. The molecular weight excluding hydrogens is 337 g/mol. The SMILES string of the molecule is CCCNC(c1ccc(I)cc1)c1cnn(C)c1. The number of halogens is 1. The maximum Gasteiger partial charge on any atom is 0.0607 e. The lowest BCUT2D eigenvalue weighted by molar-refractivity contribution is 0.598. The first kappa shape index (κ1) is 13.5. The lowest BCUT2D eigenvalue weighted by atomic mass is 10.0. The van der Waals surface area contributed by atoms with Gasteiger partial charge in [0.25, 0.3) is 0 Å². The zero-order valence-electron chi connectivity index (χ0n) is 10.7. The fourth-order valence-corrected chi connectivity index (χ4v) is 2.32. The van der Waals surface area contributed by atoms with Crippen LogP contribution < -0.4 is 5.32 Å².